The van der Waals surface area contributed by atoms with Crippen LogP contribution in [-0.4, -0.2) is 35.3 Å². The van der Waals surface area contributed by atoms with Gasteiger partial charge in [0, 0.05) is 37.9 Å². The van der Waals surface area contributed by atoms with Crippen molar-refractivity contribution in [3.05, 3.63) is 70.1 Å². The van der Waals surface area contributed by atoms with E-state index < -0.39 is 6.10 Å². The molecule has 28 heavy (non-hydrogen) atoms. The first kappa shape index (κ1) is 21.7. The van der Waals surface area contributed by atoms with Crippen LogP contribution in [0.5, 0.6) is 0 Å². The third-order valence-electron chi connectivity index (χ3n) is 4.57. The molecule has 1 unspecified atom stereocenters. The van der Waals surface area contributed by atoms with E-state index in [1.54, 1.807) is 16.7 Å². The van der Waals surface area contributed by atoms with Crippen LogP contribution in [0.15, 0.2) is 58.3 Å². The molecule has 0 aliphatic carbocycles. The van der Waals surface area contributed by atoms with Gasteiger partial charge in [-0.25, -0.2) is 0 Å². The molecule has 0 saturated heterocycles. The lowest BCUT2D eigenvalue weighted by Crippen LogP contribution is -2.38. The number of rotatable bonds is 10. The summed E-state index contributed by atoms with van der Waals surface area (Å²) in [6.45, 7) is 6.81. The van der Waals surface area contributed by atoms with E-state index in [0.717, 1.165) is 36.6 Å². The molecule has 2 rings (SSSR count). The summed E-state index contributed by atoms with van der Waals surface area (Å²) in [7, 11) is 0. The second-order valence-electron chi connectivity index (χ2n) is 6.77. The first-order chi connectivity index (χ1) is 13.6. The van der Waals surface area contributed by atoms with Crippen LogP contribution >= 0.6 is 0 Å². The first-order valence-corrected chi connectivity index (χ1v) is 10.0. The van der Waals surface area contributed by atoms with Gasteiger partial charge in [0.1, 0.15) is 0 Å². The molecule has 0 saturated carbocycles. The standard InChI is InChI=1S/C22H32N4O2/c1-3-23-22(25-16-14-20(27)19-11-5-4-6-12-19)24-15-7-8-17-26-18(2)10-9-13-21(26)28/h4-6,9-13,20,27H,3,7-8,14-17H2,1-2H3,(H2,23,24,25). The van der Waals surface area contributed by atoms with E-state index in [-0.39, 0.29) is 5.56 Å². The van der Waals surface area contributed by atoms with E-state index in [9.17, 15) is 9.90 Å². The van der Waals surface area contributed by atoms with Crippen molar-refractivity contribution in [1.82, 2.24) is 15.2 Å². The minimum atomic E-state index is -0.482. The fourth-order valence-electron chi connectivity index (χ4n) is 2.99. The molecule has 1 heterocycles. The van der Waals surface area contributed by atoms with Gasteiger partial charge in [-0.1, -0.05) is 36.4 Å². The summed E-state index contributed by atoms with van der Waals surface area (Å²) in [4.78, 5) is 16.5. The second kappa shape index (κ2) is 12.0. The number of hydrogen-bond acceptors (Lipinski definition) is 3. The average Bonchev–Trinajstić information content (AvgIpc) is 2.70. The molecule has 2 aromatic rings. The largest absolute Gasteiger partial charge is 0.388 e. The Kier molecular flexibility index (Phi) is 9.28. The van der Waals surface area contributed by atoms with Crippen molar-refractivity contribution in [2.75, 3.05) is 19.6 Å². The van der Waals surface area contributed by atoms with Gasteiger partial charge in [0.2, 0.25) is 0 Å². The molecule has 0 aliphatic rings. The molecule has 1 atom stereocenters. The van der Waals surface area contributed by atoms with Gasteiger partial charge in [-0.3, -0.25) is 9.79 Å². The van der Waals surface area contributed by atoms with Gasteiger partial charge in [-0.05, 0) is 44.7 Å². The van der Waals surface area contributed by atoms with Crippen LogP contribution in [0.1, 0.15) is 43.5 Å². The maximum atomic E-state index is 11.9. The lowest BCUT2D eigenvalue weighted by atomic mass is 10.1. The fraction of sp³-hybridized carbons (Fsp3) is 0.455. The molecule has 0 amide bonds. The Bertz CT molecular complexity index is 787. The average molecular weight is 385 g/mol. The summed E-state index contributed by atoms with van der Waals surface area (Å²) >= 11 is 0. The van der Waals surface area contributed by atoms with Crippen LogP contribution in [0, 0.1) is 6.92 Å². The monoisotopic (exact) mass is 384 g/mol. The molecule has 6 heteroatoms. The van der Waals surface area contributed by atoms with Gasteiger partial charge < -0.3 is 20.3 Å². The Balaban J connectivity index is 1.73. The van der Waals surface area contributed by atoms with E-state index in [1.165, 1.54) is 0 Å². The molecule has 0 fully saturated rings. The topological polar surface area (TPSA) is 78.7 Å². The van der Waals surface area contributed by atoms with Gasteiger partial charge in [0.15, 0.2) is 5.96 Å². The van der Waals surface area contributed by atoms with Crippen LogP contribution < -0.4 is 16.2 Å². The predicted molar refractivity (Wildman–Crippen MR) is 115 cm³/mol. The number of aromatic nitrogens is 1. The van der Waals surface area contributed by atoms with E-state index in [0.29, 0.717) is 26.1 Å². The Hall–Kier alpha value is -2.60. The molecule has 0 radical (unpaired) electrons. The SMILES string of the molecule is CCNC(=NCCCCn1c(C)cccc1=O)NCCC(O)c1ccccc1. The number of guanidine groups is 1. The van der Waals surface area contributed by atoms with Gasteiger partial charge in [0.25, 0.3) is 5.56 Å². The van der Waals surface area contributed by atoms with Gasteiger partial charge >= 0.3 is 0 Å². The molecule has 152 valence electrons. The molecular formula is C22H32N4O2. The number of nitrogens with zero attached hydrogens (tertiary/aromatic N) is 2. The number of aryl methyl sites for hydroxylation is 1. The number of nitrogens with one attached hydrogen (secondary N) is 2. The predicted octanol–water partition coefficient (Wildman–Crippen LogP) is 2.62. The number of pyridine rings is 1. The zero-order valence-electron chi connectivity index (χ0n) is 16.9. The molecule has 1 aromatic heterocycles. The lowest BCUT2D eigenvalue weighted by Gasteiger charge is -2.14. The molecule has 6 nitrogen and oxygen atoms in total. The number of aliphatic imine (C=N–C) groups is 1. The van der Waals surface area contributed by atoms with Crippen molar-refractivity contribution in [2.45, 2.75) is 45.8 Å². The van der Waals surface area contributed by atoms with Crippen LogP contribution in [0.4, 0.5) is 0 Å². The van der Waals surface area contributed by atoms with Crippen LogP contribution in [-0.2, 0) is 6.54 Å². The lowest BCUT2D eigenvalue weighted by molar-refractivity contribution is 0.168. The van der Waals surface area contributed by atoms with Crippen molar-refractivity contribution < 1.29 is 5.11 Å². The van der Waals surface area contributed by atoms with E-state index in [1.807, 2.05) is 50.2 Å². The van der Waals surface area contributed by atoms with E-state index >= 15 is 0 Å². The Morgan fingerprint density at radius 1 is 1.11 bits per heavy atom. The van der Waals surface area contributed by atoms with Crippen molar-refractivity contribution in [3.8, 4) is 0 Å². The second-order valence-corrected chi connectivity index (χ2v) is 6.77. The zero-order valence-corrected chi connectivity index (χ0v) is 16.9. The summed E-state index contributed by atoms with van der Waals surface area (Å²) in [5.41, 5.74) is 1.97. The van der Waals surface area contributed by atoms with Crippen molar-refractivity contribution >= 4 is 5.96 Å². The Morgan fingerprint density at radius 2 is 1.89 bits per heavy atom. The quantitative estimate of drug-likeness (QED) is 0.334. The number of aliphatic hydroxyl groups excluding tert-OH is 1. The Morgan fingerprint density at radius 3 is 2.61 bits per heavy atom. The number of aliphatic hydroxyl groups is 1. The van der Waals surface area contributed by atoms with Gasteiger partial charge in [0.05, 0.1) is 6.10 Å². The Labute approximate surface area is 167 Å². The minimum absolute atomic E-state index is 0.0514. The highest BCUT2D eigenvalue weighted by Crippen LogP contribution is 2.14. The number of unbranched alkanes of at least 4 members (excludes halogenated alkanes) is 1. The number of hydrogen-bond donors (Lipinski definition) is 3. The summed E-state index contributed by atoms with van der Waals surface area (Å²) in [6, 6.07) is 15.0. The molecule has 3 N–H and O–H groups in total. The first-order valence-electron chi connectivity index (χ1n) is 10.0. The molecule has 1 aromatic carbocycles. The van der Waals surface area contributed by atoms with Crippen LogP contribution in [0.25, 0.3) is 0 Å². The van der Waals surface area contributed by atoms with Crippen LogP contribution in [0.3, 0.4) is 0 Å². The normalized spacial score (nSPS) is 12.6. The fourth-order valence-corrected chi connectivity index (χ4v) is 2.99. The maximum Gasteiger partial charge on any atom is 0.250 e. The highest BCUT2D eigenvalue weighted by Gasteiger charge is 2.07. The molecule has 0 aliphatic heterocycles. The van der Waals surface area contributed by atoms with Crippen molar-refractivity contribution in [3.63, 3.8) is 0 Å². The summed E-state index contributed by atoms with van der Waals surface area (Å²) in [6.07, 6.45) is 1.94. The molecular weight excluding hydrogens is 352 g/mol. The maximum absolute atomic E-state index is 11.9. The summed E-state index contributed by atoms with van der Waals surface area (Å²) in [5.74, 6) is 0.760. The summed E-state index contributed by atoms with van der Waals surface area (Å²) in [5, 5.41) is 16.7. The highest BCUT2D eigenvalue weighted by atomic mass is 16.3. The summed E-state index contributed by atoms with van der Waals surface area (Å²) < 4.78 is 1.80. The van der Waals surface area contributed by atoms with Crippen molar-refractivity contribution in [1.29, 1.82) is 0 Å². The highest BCUT2D eigenvalue weighted by molar-refractivity contribution is 5.79. The smallest absolute Gasteiger partial charge is 0.250 e. The zero-order chi connectivity index (χ0) is 20.2. The number of benzene rings is 1. The van der Waals surface area contributed by atoms with Gasteiger partial charge in [-0.2, -0.15) is 0 Å². The van der Waals surface area contributed by atoms with Crippen molar-refractivity contribution in [2.24, 2.45) is 4.99 Å². The third kappa shape index (κ3) is 7.19. The third-order valence-corrected chi connectivity index (χ3v) is 4.57. The van der Waals surface area contributed by atoms with E-state index in [4.69, 9.17) is 0 Å². The van der Waals surface area contributed by atoms with Crippen LogP contribution in [0.2, 0.25) is 0 Å². The van der Waals surface area contributed by atoms with Gasteiger partial charge in [-0.15, -0.1) is 0 Å². The minimum Gasteiger partial charge on any atom is -0.388 e. The molecule has 0 spiro atoms. The molecule has 0 bridgehead atoms. The van der Waals surface area contributed by atoms with E-state index in [2.05, 4.69) is 15.6 Å².